The molecule has 2 nitrogen and oxygen atoms in total. The van der Waals surface area contributed by atoms with Crippen LogP contribution in [-0.2, 0) is 0 Å². The highest BCUT2D eigenvalue weighted by atomic mass is 15.1. The van der Waals surface area contributed by atoms with Crippen LogP contribution in [0.25, 0.3) is 0 Å². The fourth-order valence-corrected chi connectivity index (χ4v) is 1.06. The summed E-state index contributed by atoms with van der Waals surface area (Å²) in [4.78, 5) is 2.02. The number of hydrogen-bond acceptors (Lipinski definition) is 2. The molecule has 0 aromatic heterocycles. The minimum Gasteiger partial charge on any atom is -0.302 e. The summed E-state index contributed by atoms with van der Waals surface area (Å²) in [5, 5.41) is 8.49. The molecule has 0 aromatic rings. The number of likely N-dealkylation sites (tertiary alicyclic amines) is 1. The average molecular weight is 123 g/mol. The highest BCUT2D eigenvalue weighted by molar-refractivity contribution is 4.86. The molecule has 49 valence electrons. The molecule has 9 heavy (non-hydrogen) atoms. The van der Waals surface area contributed by atoms with E-state index in [9.17, 15) is 0 Å². The number of rotatable bonds is 0. The summed E-state index contributed by atoms with van der Waals surface area (Å²) in [6.45, 7) is 1.97. The second-order valence-corrected chi connectivity index (χ2v) is 2.52. The van der Waals surface area contributed by atoms with Gasteiger partial charge < -0.3 is 4.90 Å². The van der Waals surface area contributed by atoms with E-state index < -0.39 is 0 Å². The van der Waals surface area contributed by atoms with Gasteiger partial charge in [0.2, 0.25) is 0 Å². The quantitative estimate of drug-likeness (QED) is 0.480. The van der Waals surface area contributed by atoms with Crippen LogP contribution in [0.15, 0.2) is 0 Å². The van der Waals surface area contributed by atoms with Crippen molar-refractivity contribution in [3.8, 4) is 6.07 Å². The standard InChI is InChI=1S/C7H11N2/c1-9-4-2-7(6-8)3-5-9/h7H,1-5H2. The zero-order chi connectivity index (χ0) is 6.69. The number of nitriles is 1. The third-order valence-corrected chi connectivity index (χ3v) is 1.77. The summed E-state index contributed by atoms with van der Waals surface area (Å²) >= 11 is 0. The summed E-state index contributed by atoms with van der Waals surface area (Å²) in [5.74, 6) is 0.294. The topological polar surface area (TPSA) is 27.0 Å². The fourth-order valence-electron chi connectivity index (χ4n) is 1.06. The Balaban J connectivity index is 2.28. The van der Waals surface area contributed by atoms with Crippen molar-refractivity contribution in [3.63, 3.8) is 0 Å². The Morgan fingerprint density at radius 1 is 1.44 bits per heavy atom. The van der Waals surface area contributed by atoms with Crippen LogP contribution in [0.4, 0.5) is 0 Å². The maximum atomic E-state index is 8.49. The maximum Gasteiger partial charge on any atom is 0.0656 e. The molecular weight excluding hydrogens is 112 g/mol. The van der Waals surface area contributed by atoms with Crippen molar-refractivity contribution in [3.05, 3.63) is 7.05 Å². The van der Waals surface area contributed by atoms with Crippen LogP contribution in [0.3, 0.4) is 0 Å². The van der Waals surface area contributed by atoms with Crippen molar-refractivity contribution >= 4 is 0 Å². The first-order valence-electron chi connectivity index (χ1n) is 3.28. The molecule has 0 spiro atoms. The maximum absolute atomic E-state index is 8.49. The van der Waals surface area contributed by atoms with Gasteiger partial charge in [0.25, 0.3) is 0 Å². The van der Waals surface area contributed by atoms with Crippen LogP contribution >= 0.6 is 0 Å². The summed E-state index contributed by atoms with van der Waals surface area (Å²) in [5.41, 5.74) is 0. The Kier molecular flexibility index (Phi) is 2.07. The molecular formula is C7H11N2. The second-order valence-electron chi connectivity index (χ2n) is 2.52. The van der Waals surface area contributed by atoms with E-state index in [0.29, 0.717) is 5.92 Å². The van der Waals surface area contributed by atoms with E-state index in [1.807, 2.05) is 4.90 Å². The van der Waals surface area contributed by atoms with Gasteiger partial charge in [-0.3, -0.25) is 0 Å². The van der Waals surface area contributed by atoms with Crippen molar-refractivity contribution in [1.82, 2.24) is 4.90 Å². The van der Waals surface area contributed by atoms with E-state index in [1.54, 1.807) is 0 Å². The second kappa shape index (κ2) is 2.84. The normalized spacial score (nSPS) is 23.6. The molecule has 1 heterocycles. The molecule has 1 aliphatic heterocycles. The van der Waals surface area contributed by atoms with Gasteiger partial charge in [0.15, 0.2) is 0 Å². The molecule has 0 N–H and O–H groups in total. The predicted molar refractivity (Wildman–Crippen MR) is 35.3 cm³/mol. The lowest BCUT2D eigenvalue weighted by atomic mass is 9.99. The van der Waals surface area contributed by atoms with E-state index in [4.69, 9.17) is 5.26 Å². The van der Waals surface area contributed by atoms with E-state index in [1.165, 1.54) is 0 Å². The third-order valence-electron chi connectivity index (χ3n) is 1.77. The fraction of sp³-hybridized carbons (Fsp3) is 0.714. The molecule has 0 saturated carbocycles. The van der Waals surface area contributed by atoms with E-state index in [0.717, 1.165) is 25.9 Å². The van der Waals surface area contributed by atoms with E-state index >= 15 is 0 Å². The molecule has 0 atom stereocenters. The zero-order valence-corrected chi connectivity index (χ0v) is 5.51. The van der Waals surface area contributed by atoms with Gasteiger partial charge >= 0.3 is 0 Å². The van der Waals surface area contributed by atoms with Crippen molar-refractivity contribution in [1.29, 1.82) is 5.26 Å². The Morgan fingerprint density at radius 3 is 2.44 bits per heavy atom. The molecule has 0 aliphatic carbocycles. The molecule has 1 radical (unpaired) electrons. The molecule has 1 saturated heterocycles. The number of nitrogens with zero attached hydrogens (tertiary/aromatic N) is 2. The molecule has 0 bridgehead atoms. The van der Waals surface area contributed by atoms with Crippen LogP contribution in [0, 0.1) is 24.3 Å². The Morgan fingerprint density at radius 2 is 2.00 bits per heavy atom. The summed E-state index contributed by atoms with van der Waals surface area (Å²) in [6.07, 6.45) is 2.00. The van der Waals surface area contributed by atoms with Crippen molar-refractivity contribution in [2.75, 3.05) is 13.1 Å². The lowest BCUT2D eigenvalue weighted by Crippen LogP contribution is -2.27. The molecule has 1 rings (SSSR count). The molecule has 1 fully saturated rings. The molecule has 2 heteroatoms. The van der Waals surface area contributed by atoms with E-state index in [-0.39, 0.29) is 0 Å². The van der Waals surface area contributed by atoms with Crippen LogP contribution in [0.2, 0.25) is 0 Å². The van der Waals surface area contributed by atoms with Gasteiger partial charge in [-0.15, -0.1) is 0 Å². The molecule has 0 aromatic carbocycles. The van der Waals surface area contributed by atoms with Gasteiger partial charge in [0.1, 0.15) is 0 Å². The Hall–Kier alpha value is -0.550. The first kappa shape index (κ1) is 6.57. The van der Waals surface area contributed by atoms with Gasteiger partial charge in [-0.1, -0.05) is 0 Å². The monoisotopic (exact) mass is 123 g/mol. The minimum absolute atomic E-state index is 0.294. The van der Waals surface area contributed by atoms with Crippen LogP contribution < -0.4 is 0 Å². The minimum atomic E-state index is 0.294. The van der Waals surface area contributed by atoms with Gasteiger partial charge in [0, 0.05) is 13.0 Å². The Bertz CT molecular complexity index is 117. The lowest BCUT2D eigenvalue weighted by molar-refractivity contribution is 0.271. The number of hydrogen-bond donors (Lipinski definition) is 0. The largest absolute Gasteiger partial charge is 0.302 e. The first-order valence-corrected chi connectivity index (χ1v) is 3.28. The average Bonchev–Trinajstić information content (AvgIpc) is 1.90. The Labute approximate surface area is 56.1 Å². The van der Waals surface area contributed by atoms with Crippen LogP contribution in [0.1, 0.15) is 12.8 Å². The number of piperidine rings is 1. The highest BCUT2D eigenvalue weighted by Gasteiger charge is 2.14. The van der Waals surface area contributed by atoms with Gasteiger partial charge in [0.05, 0.1) is 6.07 Å². The lowest BCUT2D eigenvalue weighted by Gasteiger charge is -2.24. The van der Waals surface area contributed by atoms with Crippen LogP contribution in [-0.4, -0.2) is 18.0 Å². The summed E-state index contributed by atoms with van der Waals surface area (Å²) < 4.78 is 0. The summed E-state index contributed by atoms with van der Waals surface area (Å²) in [7, 11) is 3.79. The zero-order valence-electron chi connectivity index (χ0n) is 5.51. The third kappa shape index (κ3) is 1.69. The highest BCUT2D eigenvalue weighted by Crippen LogP contribution is 2.14. The van der Waals surface area contributed by atoms with Gasteiger partial charge in [-0.05, 0) is 25.9 Å². The van der Waals surface area contributed by atoms with Crippen LogP contribution in [0.5, 0.6) is 0 Å². The SMILES string of the molecule is [CH2]N1CCC(C#N)CC1. The van der Waals surface area contributed by atoms with Gasteiger partial charge in [-0.25, -0.2) is 0 Å². The predicted octanol–water partition coefficient (Wildman–Crippen LogP) is 1.01. The summed E-state index contributed by atoms with van der Waals surface area (Å²) in [6, 6.07) is 2.27. The van der Waals surface area contributed by atoms with Gasteiger partial charge in [-0.2, -0.15) is 5.26 Å². The van der Waals surface area contributed by atoms with E-state index in [2.05, 4.69) is 13.1 Å². The molecule has 0 amide bonds. The van der Waals surface area contributed by atoms with Crippen molar-refractivity contribution < 1.29 is 0 Å². The molecule has 1 aliphatic rings. The van der Waals surface area contributed by atoms with Crippen molar-refractivity contribution in [2.45, 2.75) is 12.8 Å². The molecule has 0 unspecified atom stereocenters. The first-order chi connectivity index (χ1) is 4.33. The smallest absolute Gasteiger partial charge is 0.0656 e. The van der Waals surface area contributed by atoms with Crippen molar-refractivity contribution in [2.24, 2.45) is 5.92 Å².